The van der Waals surface area contributed by atoms with Gasteiger partial charge in [-0.25, -0.2) is 17.1 Å². The van der Waals surface area contributed by atoms with Gasteiger partial charge < -0.3 is 10.1 Å². The summed E-state index contributed by atoms with van der Waals surface area (Å²) in [5, 5.41) is 2.98. The second kappa shape index (κ2) is 8.03. The normalized spacial score (nSPS) is 18.0. The lowest BCUT2D eigenvalue weighted by Crippen LogP contribution is -2.43. The molecule has 1 atom stereocenters. The van der Waals surface area contributed by atoms with Crippen LogP contribution in [-0.4, -0.2) is 27.4 Å². The van der Waals surface area contributed by atoms with E-state index in [0.29, 0.717) is 30.8 Å². The number of fused-ring (bicyclic) bond motifs is 1. The Kier molecular flexibility index (Phi) is 6.26. The van der Waals surface area contributed by atoms with Crippen LogP contribution in [0.4, 0.5) is 15.8 Å². The molecule has 0 bridgehead atoms. The largest absolute Gasteiger partial charge is 0.470 e. The summed E-state index contributed by atoms with van der Waals surface area (Å²) in [6, 6.07) is 12.6. The molecule has 1 N–H and O–H groups in total. The Hall–Kier alpha value is -1.83. The van der Waals surface area contributed by atoms with E-state index in [9.17, 15) is 12.8 Å². The zero-order valence-electron chi connectivity index (χ0n) is 13.7. The van der Waals surface area contributed by atoms with Gasteiger partial charge in [-0.3, -0.25) is 0 Å². The van der Waals surface area contributed by atoms with E-state index in [2.05, 4.69) is 5.32 Å². The number of benzene rings is 2. The van der Waals surface area contributed by atoms with E-state index in [1.54, 1.807) is 31.3 Å². The average molecular weight is 387 g/mol. The Balaban J connectivity index is 0.00000225. The van der Waals surface area contributed by atoms with E-state index in [0.717, 1.165) is 0 Å². The number of nitrogens with one attached hydrogen (secondary N) is 1. The number of hydrogen-bond acceptors (Lipinski definition) is 4. The van der Waals surface area contributed by atoms with E-state index >= 15 is 0 Å². The van der Waals surface area contributed by atoms with Crippen molar-refractivity contribution in [2.75, 3.05) is 17.9 Å². The first-order chi connectivity index (χ1) is 11.5. The van der Waals surface area contributed by atoms with Crippen LogP contribution in [0.25, 0.3) is 0 Å². The molecule has 0 radical (unpaired) electrons. The van der Waals surface area contributed by atoms with Crippen LogP contribution in [0.2, 0.25) is 0 Å². The molecule has 0 saturated carbocycles. The van der Waals surface area contributed by atoms with Gasteiger partial charge in [-0.15, -0.1) is 12.4 Å². The number of para-hydroxylation sites is 1. The van der Waals surface area contributed by atoms with Gasteiger partial charge in [0.05, 0.1) is 11.4 Å². The summed E-state index contributed by atoms with van der Waals surface area (Å²) in [5.74, 6) is -0.224. The quantitative estimate of drug-likeness (QED) is 0.800. The van der Waals surface area contributed by atoms with Gasteiger partial charge >= 0.3 is 0 Å². The number of halogens is 2. The van der Waals surface area contributed by atoms with Gasteiger partial charge in [0.2, 0.25) is 5.44 Å². The standard InChI is InChI=1S/C17H19FN2O3S.ClH/c1-19-11-5-8-17-23-16-12-13(18)9-10-15(16)20(24(17,21)22)14-6-3-2-4-7-14;/h2-4,6-7,9-10,12,17,19H,5,8,11H2,1H3;1H/t17-;/m0./s1. The third-order valence-electron chi connectivity index (χ3n) is 3.84. The predicted octanol–water partition coefficient (Wildman–Crippen LogP) is 3.43. The van der Waals surface area contributed by atoms with E-state index in [1.165, 1.54) is 22.5 Å². The number of rotatable bonds is 5. The Morgan fingerprint density at radius 1 is 1.20 bits per heavy atom. The minimum absolute atomic E-state index is 0. The van der Waals surface area contributed by atoms with Crippen LogP contribution in [0.15, 0.2) is 48.5 Å². The van der Waals surface area contributed by atoms with E-state index in [-0.39, 0.29) is 18.2 Å². The molecule has 0 unspecified atom stereocenters. The first-order valence-electron chi connectivity index (χ1n) is 7.74. The van der Waals surface area contributed by atoms with Crippen LogP contribution < -0.4 is 14.4 Å². The maximum absolute atomic E-state index is 13.6. The van der Waals surface area contributed by atoms with Crippen LogP contribution >= 0.6 is 12.4 Å². The highest BCUT2D eigenvalue weighted by Gasteiger charge is 2.40. The third-order valence-corrected chi connectivity index (χ3v) is 5.76. The van der Waals surface area contributed by atoms with Gasteiger partial charge in [0.25, 0.3) is 10.0 Å². The van der Waals surface area contributed by atoms with Crippen LogP contribution in [0, 0.1) is 5.82 Å². The van der Waals surface area contributed by atoms with Crippen LogP contribution in [0.1, 0.15) is 12.8 Å². The molecule has 2 aromatic rings. The molecular weight excluding hydrogens is 367 g/mol. The van der Waals surface area contributed by atoms with Crippen molar-refractivity contribution >= 4 is 33.8 Å². The third kappa shape index (κ3) is 3.89. The zero-order chi connectivity index (χ0) is 17.2. The highest BCUT2D eigenvalue weighted by Crippen LogP contribution is 2.43. The molecule has 3 rings (SSSR count). The summed E-state index contributed by atoms with van der Waals surface area (Å²) in [6.45, 7) is 0.677. The molecule has 1 aliphatic heterocycles. The fraction of sp³-hybridized carbons (Fsp3) is 0.294. The summed E-state index contributed by atoms with van der Waals surface area (Å²) in [4.78, 5) is 0. The smallest absolute Gasteiger partial charge is 0.277 e. The van der Waals surface area contributed by atoms with Crippen LogP contribution in [0.5, 0.6) is 5.75 Å². The molecule has 2 aromatic carbocycles. The average Bonchev–Trinajstić information content (AvgIpc) is 2.56. The fourth-order valence-electron chi connectivity index (χ4n) is 2.71. The minimum Gasteiger partial charge on any atom is -0.470 e. The molecule has 25 heavy (non-hydrogen) atoms. The minimum atomic E-state index is -3.76. The van der Waals surface area contributed by atoms with E-state index < -0.39 is 21.3 Å². The molecule has 1 heterocycles. The number of hydrogen-bond donors (Lipinski definition) is 1. The predicted molar refractivity (Wildman–Crippen MR) is 98.7 cm³/mol. The highest BCUT2D eigenvalue weighted by atomic mass is 35.5. The lowest BCUT2D eigenvalue weighted by molar-refractivity contribution is 0.253. The summed E-state index contributed by atoms with van der Waals surface area (Å²) in [7, 11) is -1.96. The lowest BCUT2D eigenvalue weighted by Gasteiger charge is -2.35. The molecular formula is C17H20ClFN2O3S. The van der Waals surface area contributed by atoms with Crippen molar-refractivity contribution in [2.24, 2.45) is 0 Å². The maximum Gasteiger partial charge on any atom is 0.277 e. The monoisotopic (exact) mass is 386 g/mol. The van der Waals surface area contributed by atoms with Crippen molar-refractivity contribution in [1.82, 2.24) is 5.32 Å². The van der Waals surface area contributed by atoms with Crippen LogP contribution in [0.3, 0.4) is 0 Å². The van der Waals surface area contributed by atoms with Crippen LogP contribution in [-0.2, 0) is 10.0 Å². The summed E-state index contributed by atoms with van der Waals surface area (Å²) >= 11 is 0. The SMILES string of the molecule is CNCCC[C@H]1Oc2cc(F)ccc2N(c2ccccc2)S1(=O)=O.Cl. The molecule has 0 spiro atoms. The van der Waals surface area contributed by atoms with Gasteiger partial charge in [-0.2, -0.15) is 0 Å². The summed E-state index contributed by atoms with van der Waals surface area (Å²) in [5.41, 5.74) is -0.208. The van der Waals surface area contributed by atoms with E-state index in [4.69, 9.17) is 4.74 Å². The first-order valence-corrected chi connectivity index (χ1v) is 9.24. The second-order valence-electron chi connectivity index (χ2n) is 5.55. The van der Waals surface area contributed by atoms with Gasteiger partial charge in [-0.1, -0.05) is 18.2 Å². The maximum atomic E-state index is 13.6. The molecule has 0 aromatic heterocycles. The Morgan fingerprint density at radius 2 is 1.92 bits per heavy atom. The highest BCUT2D eigenvalue weighted by molar-refractivity contribution is 7.93. The second-order valence-corrected chi connectivity index (χ2v) is 7.47. The van der Waals surface area contributed by atoms with E-state index in [1.807, 2.05) is 6.07 Å². The Bertz CT molecular complexity index is 818. The molecule has 8 heteroatoms. The Morgan fingerprint density at radius 3 is 2.60 bits per heavy atom. The zero-order valence-corrected chi connectivity index (χ0v) is 15.3. The van der Waals surface area contributed by atoms with Crippen molar-refractivity contribution < 1.29 is 17.5 Å². The topological polar surface area (TPSA) is 58.6 Å². The molecule has 0 fully saturated rings. The number of ether oxygens (including phenoxy) is 1. The molecule has 0 saturated heterocycles. The van der Waals surface area contributed by atoms with Gasteiger partial charge in [0, 0.05) is 12.5 Å². The fourth-order valence-corrected chi connectivity index (χ4v) is 4.48. The molecule has 1 aliphatic rings. The summed E-state index contributed by atoms with van der Waals surface area (Å²) in [6.07, 6.45) is 0.954. The van der Waals surface area contributed by atoms with Crippen molar-refractivity contribution in [3.8, 4) is 5.75 Å². The van der Waals surface area contributed by atoms with Crippen molar-refractivity contribution in [3.05, 3.63) is 54.3 Å². The van der Waals surface area contributed by atoms with Gasteiger partial charge in [0.15, 0.2) is 0 Å². The van der Waals surface area contributed by atoms with Crippen molar-refractivity contribution in [3.63, 3.8) is 0 Å². The molecule has 136 valence electrons. The number of sulfonamides is 1. The molecule has 5 nitrogen and oxygen atoms in total. The van der Waals surface area contributed by atoms with Crippen molar-refractivity contribution in [1.29, 1.82) is 0 Å². The molecule has 0 amide bonds. The number of nitrogens with zero attached hydrogens (tertiary/aromatic N) is 1. The lowest BCUT2D eigenvalue weighted by atomic mass is 10.2. The number of anilines is 2. The first kappa shape index (κ1) is 19.5. The van der Waals surface area contributed by atoms with Gasteiger partial charge in [-0.05, 0) is 44.3 Å². The van der Waals surface area contributed by atoms with Gasteiger partial charge in [0.1, 0.15) is 11.6 Å². The summed E-state index contributed by atoms with van der Waals surface area (Å²) < 4.78 is 46.6. The van der Waals surface area contributed by atoms with Crippen molar-refractivity contribution in [2.45, 2.75) is 18.3 Å². The Labute approximate surface area is 153 Å². The molecule has 0 aliphatic carbocycles.